The molecule has 1 N–H and O–H groups in total. The normalized spacial score (nSPS) is 15.5. The summed E-state index contributed by atoms with van der Waals surface area (Å²) in [5.41, 5.74) is 0.947. The highest BCUT2D eigenvalue weighted by Crippen LogP contribution is 2.26. The fourth-order valence-corrected chi connectivity index (χ4v) is 5.66. The van der Waals surface area contributed by atoms with Crippen LogP contribution < -0.4 is 4.72 Å². The molecule has 0 amide bonds. The summed E-state index contributed by atoms with van der Waals surface area (Å²) >= 11 is 0. The average molecular weight is 509 g/mol. The van der Waals surface area contributed by atoms with E-state index in [1.54, 1.807) is 48.5 Å². The number of hydrogen-bond acceptors (Lipinski definition) is 5. The van der Waals surface area contributed by atoms with Crippen molar-refractivity contribution in [2.75, 3.05) is 0 Å². The maximum atomic E-state index is 13.1. The molecule has 0 aromatic heterocycles. The van der Waals surface area contributed by atoms with E-state index in [4.69, 9.17) is 0 Å². The molecule has 1 aliphatic rings. The second kappa shape index (κ2) is 8.90. The van der Waals surface area contributed by atoms with Crippen molar-refractivity contribution in [2.24, 2.45) is 4.40 Å². The molecule has 0 fully saturated rings. The van der Waals surface area contributed by atoms with E-state index in [9.17, 15) is 21.6 Å². The van der Waals surface area contributed by atoms with Crippen LogP contribution in [0.5, 0.6) is 0 Å². The summed E-state index contributed by atoms with van der Waals surface area (Å²) in [6, 6.07) is 20.4. The molecule has 0 spiro atoms. The molecular formula is C26H24N2O5S2. The van der Waals surface area contributed by atoms with Gasteiger partial charge in [0.1, 0.15) is 0 Å². The first kappa shape index (κ1) is 24.6. The van der Waals surface area contributed by atoms with Crippen LogP contribution in [0.1, 0.15) is 42.3 Å². The number of carbonyl (C=O) groups excluding carboxylic acids is 1. The van der Waals surface area contributed by atoms with Gasteiger partial charge in [0.15, 0.2) is 0 Å². The second-order valence-corrected chi connectivity index (χ2v) is 12.4. The number of nitrogens with one attached hydrogen (secondary N) is 1. The fourth-order valence-electron chi connectivity index (χ4n) is 3.59. The topological polar surface area (TPSA) is 110 Å². The van der Waals surface area contributed by atoms with E-state index in [1.807, 2.05) is 20.8 Å². The molecule has 0 aliphatic heterocycles. The molecule has 0 saturated carbocycles. The lowest BCUT2D eigenvalue weighted by Crippen LogP contribution is -2.31. The van der Waals surface area contributed by atoms with Crippen molar-refractivity contribution in [2.45, 2.75) is 36.0 Å². The van der Waals surface area contributed by atoms with Gasteiger partial charge in [0.05, 0.1) is 21.2 Å². The molecule has 0 unspecified atom stereocenters. The number of Topliss-reactive ketones (excluding diaryl/α,β-unsaturated/α-hetero) is 1. The summed E-state index contributed by atoms with van der Waals surface area (Å²) in [5, 5.41) is 0. The standard InChI is InChI=1S/C26H24N2O5S2/c1-26(2,3)18-13-15-20(16-14-18)35(32,33)27-23-17-24(25(29)22-12-8-7-11-21(22)23)28-34(30,31)19-9-5-4-6-10-19/h4-17,28H,1-3H3/b27-23+. The third kappa shape index (κ3) is 5.11. The molecular weight excluding hydrogens is 484 g/mol. The molecule has 3 aromatic carbocycles. The van der Waals surface area contributed by atoms with Gasteiger partial charge in [-0.1, -0.05) is 75.4 Å². The highest BCUT2D eigenvalue weighted by atomic mass is 32.2. The highest BCUT2D eigenvalue weighted by Gasteiger charge is 2.29. The van der Waals surface area contributed by atoms with E-state index in [1.165, 1.54) is 30.3 Å². The molecule has 1 aliphatic carbocycles. The Kier molecular flexibility index (Phi) is 6.25. The van der Waals surface area contributed by atoms with Crippen LogP contribution >= 0.6 is 0 Å². The zero-order valence-electron chi connectivity index (χ0n) is 19.4. The first-order chi connectivity index (χ1) is 16.4. The lowest BCUT2D eigenvalue weighted by Gasteiger charge is -2.19. The Balaban J connectivity index is 1.78. The SMILES string of the molecule is CC(C)(C)c1ccc(S(=O)(=O)/N=C2\C=C(NS(=O)(=O)c3ccccc3)C(=O)c3ccccc32)cc1. The van der Waals surface area contributed by atoms with Gasteiger partial charge in [-0.3, -0.25) is 9.52 Å². The van der Waals surface area contributed by atoms with Gasteiger partial charge in [-0.15, -0.1) is 0 Å². The van der Waals surface area contributed by atoms with Gasteiger partial charge in [0, 0.05) is 11.1 Å². The zero-order chi connectivity index (χ0) is 25.4. The third-order valence-corrected chi connectivity index (χ3v) is 8.19. The number of sulfonamides is 2. The molecule has 0 heterocycles. The van der Waals surface area contributed by atoms with Crippen LogP contribution in [0.4, 0.5) is 0 Å². The minimum absolute atomic E-state index is 0.00722. The molecule has 9 heteroatoms. The van der Waals surface area contributed by atoms with Crippen molar-refractivity contribution in [3.05, 3.63) is 107 Å². The molecule has 0 saturated heterocycles. The van der Waals surface area contributed by atoms with Crippen molar-refractivity contribution >= 4 is 31.5 Å². The summed E-state index contributed by atoms with van der Waals surface area (Å²) in [7, 11) is -8.22. The summed E-state index contributed by atoms with van der Waals surface area (Å²) in [5.74, 6) is -0.578. The summed E-state index contributed by atoms with van der Waals surface area (Å²) in [6.07, 6.45) is 1.16. The molecule has 7 nitrogen and oxygen atoms in total. The van der Waals surface area contributed by atoms with E-state index in [2.05, 4.69) is 9.12 Å². The Hall–Kier alpha value is -3.56. The smallest absolute Gasteiger partial charge is 0.282 e. The van der Waals surface area contributed by atoms with Gasteiger partial charge < -0.3 is 0 Å². The van der Waals surface area contributed by atoms with Crippen molar-refractivity contribution < 1.29 is 21.6 Å². The van der Waals surface area contributed by atoms with Gasteiger partial charge in [-0.25, -0.2) is 8.42 Å². The number of fused-ring (bicyclic) bond motifs is 1. The third-order valence-electron chi connectivity index (χ3n) is 5.51. The number of nitrogens with zero attached hydrogens (tertiary/aromatic N) is 1. The maximum absolute atomic E-state index is 13.1. The highest BCUT2D eigenvalue weighted by molar-refractivity contribution is 7.90. The van der Waals surface area contributed by atoms with Crippen molar-refractivity contribution in [1.29, 1.82) is 0 Å². The largest absolute Gasteiger partial charge is 0.287 e. The van der Waals surface area contributed by atoms with E-state index >= 15 is 0 Å². The van der Waals surface area contributed by atoms with Crippen molar-refractivity contribution in [1.82, 2.24) is 4.72 Å². The molecule has 0 atom stereocenters. The van der Waals surface area contributed by atoms with Crippen LogP contribution in [0, 0.1) is 0 Å². The van der Waals surface area contributed by atoms with Gasteiger partial charge in [0.2, 0.25) is 5.78 Å². The van der Waals surface area contributed by atoms with Crippen LogP contribution in [0.3, 0.4) is 0 Å². The fraction of sp³-hybridized carbons (Fsp3) is 0.154. The predicted molar refractivity (Wildman–Crippen MR) is 134 cm³/mol. The Bertz CT molecular complexity index is 1560. The number of hydrogen-bond donors (Lipinski definition) is 1. The van der Waals surface area contributed by atoms with E-state index in [0.717, 1.165) is 11.6 Å². The Morgan fingerprint density at radius 2 is 1.29 bits per heavy atom. The quantitative estimate of drug-likeness (QED) is 0.555. The molecule has 4 rings (SSSR count). The van der Waals surface area contributed by atoms with Crippen molar-refractivity contribution in [3.63, 3.8) is 0 Å². The summed E-state index contributed by atoms with van der Waals surface area (Å²) in [6.45, 7) is 6.07. The van der Waals surface area contributed by atoms with Crippen LogP contribution in [-0.4, -0.2) is 28.3 Å². The summed E-state index contributed by atoms with van der Waals surface area (Å²) in [4.78, 5) is 13.0. The van der Waals surface area contributed by atoms with E-state index in [0.29, 0.717) is 5.56 Å². The minimum Gasteiger partial charge on any atom is -0.287 e. The van der Waals surface area contributed by atoms with Crippen LogP contribution in [0.15, 0.2) is 105 Å². The molecule has 0 bridgehead atoms. The predicted octanol–water partition coefficient (Wildman–Crippen LogP) is 4.22. The Labute approximate surface area is 205 Å². The second-order valence-electron chi connectivity index (χ2n) is 9.08. The first-order valence-electron chi connectivity index (χ1n) is 10.8. The van der Waals surface area contributed by atoms with Crippen LogP contribution in [0.25, 0.3) is 0 Å². The molecule has 0 radical (unpaired) electrons. The Morgan fingerprint density at radius 3 is 1.89 bits per heavy atom. The number of ketones is 1. The van der Waals surface area contributed by atoms with Gasteiger partial charge >= 0.3 is 0 Å². The monoisotopic (exact) mass is 508 g/mol. The number of allylic oxidation sites excluding steroid dienone is 2. The molecule has 3 aromatic rings. The summed E-state index contributed by atoms with van der Waals surface area (Å²) < 4.78 is 58.2. The zero-order valence-corrected chi connectivity index (χ0v) is 21.0. The van der Waals surface area contributed by atoms with Crippen LogP contribution in [-0.2, 0) is 25.5 Å². The van der Waals surface area contributed by atoms with Gasteiger partial charge in [-0.05, 0) is 41.3 Å². The van der Waals surface area contributed by atoms with Crippen LogP contribution in [0.2, 0.25) is 0 Å². The minimum atomic E-state index is -4.15. The first-order valence-corrected chi connectivity index (χ1v) is 13.7. The molecule has 180 valence electrons. The number of benzene rings is 3. The lowest BCUT2D eigenvalue weighted by atomic mass is 9.87. The van der Waals surface area contributed by atoms with E-state index < -0.39 is 25.8 Å². The number of rotatable bonds is 5. The van der Waals surface area contributed by atoms with Crippen molar-refractivity contribution in [3.8, 4) is 0 Å². The Morgan fingerprint density at radius 1 is 0.714 bits per heavy atom. The molecule has 35 heavy (non-hydrogen) atoms. The van der Waals surface area contributed by atoms with Gasteiger partial charge in [-0.2, -0.15) is 12.8 Å². The average Bonchev–Trinajstić information content (AvgIpc) is 2.82. The van der Waals surface area contributed by atoms with Gasteiger partial charge in [0.25, 0.3) is 20.0 Å². The van der Waals surface area contributed by atoms with E-state index in [-0.39, 0.29) is 32.2 Å². The lowest BCUT2D eigenvalue weighted by molar-refractivity contribution is 0.102. The number of carbonyl (C=O) groups is 1. The maximum Gasteiger partial charge on any atom is 0.282 e.